The van der Waals surface area contributed by atoms with Crippen LogP contribution in [0.2, 0.25) is 0 Å². The predicted molar refractivity (Wildman–Crippen MR) is 90.5 cm³/mol. The fourth-order valence-corrected chi connectivity index (χ4v) is 5.50. The molecule has 1 aromatic heterocycles. The average molecular weight is 500 g/mol. The third-order valence-corrected chi connectivity index (χ3v) is 7.43. The summed E-state index contributed by atoms with van der Waals surface area (Å²) in [6.07, 6.45) is -4.29. The summed E-state index contributed by atoms with van der Waals surface area (Å²) < 4.78 is 65.4. The Hall–Kier alpha value is -1.06. The van der Waals surface area contributed by atoms with E-state index in [-0.39, 0.29) is 0 Å². The summed E-state index contributed by atoms with van der Waals surface area (Å²) in [5.41, 5.74) is -1.81. The highest BCUT2D eigenvalue weighted by Crippen LogP contribution is 2.66. The topological polar surface area (TPSA) is 244 Å². The van der Waals surface area contributed by atoms with Gasteiger partial charge >= 0.3 is 29.2 Å². The second-order valence-electron chi connectivity index (χ2n) is 5.76. The van der Waals surface area contributed by atoms with E-state index in [1.807, 2.05) is 4.98 Å². The number of aromatic amines is 1. The zero-order chi connectivity index (χ0) is 22.9. The number of aliphatic hydroxyl groups is 1. The van der Waals surface area contributed by atoms with E-state index < -0.39 is 72.4 Å². The Bertz CT molecular complexity index is 1020. The molecule has 16 nitrogen and oxygen atoms in total. The van der Waals surface area contributed by atoms with Crippen LogP contribution in [0.1, 0.15) is 6.23 Å². The lowest BCUT2D eigenvalue weighted by Crippen LogP contribution is -2.35. The standard InChI is InChI=1S/C10H16FN2O14P3/c11-8-5(3-14)6(25-9(8)13-2-1-7(15)12-10(13)16)4-24-29(20,21)27-30(22,23)26-28(17,18)19/h1-2,5-6,8-9,14H,3-4H2,(H,20,21)(H,22,23)(H,12,15,16)(H2,17,18,19). The summed E-state index contributed by atoms with van der Waals surface area (Å²) in [7, 11) is -16.8. The van der Waals surface area contributed by atoms with Gasteiger partial charge in [0.05, 0.1) is 19.3 Å². The Morgan fingerprint density at radius 3 is 2.30 bits per heavy atom. The number of aliphatic hydroxyl groups excluding tert-OH is 1. The van der Waals surface area contributed by atoms with Crippen molar-refractivity contribution in [3.63, 3.8) is 0 Å². The van der Waals surface area contributed by atoms with Gasteiger partial charge in [0.25, 0.3) is 5.56 Å². The number of ether oxygens (including phenoxy) is 1. The minimum atomic E-state index is -5.75. The van der Waals surface area contributed by atoms with Crippen LogP contribution >= 0.6 is 23.5 Å². The minimum Gasteiger partial charge on any atom is -0.396 e. The maximum absolute atomic E-state index is 14.6. The Labute approximate surface area is 165 Å². The molecule has 0 aliphatic carbocycles. The fraction of sp³-hybridized carbons (Fsp3) is 0.600. The number of nitrogens with one attached hydrogen (secondary N) is 1. The number of alkyl halides is 1. The Morgan fingerprint density at radius 2 is 1.77 bits per heavy atom. The number of hydrogen-bond donors (Lipinski definition) is 6. The number of phosphoric ester groups is 1. The number of H-pyrrole nitrogens is 1. The van der Waals surface area contributed by atoms with Crippen molar-refractivity contribution in [1.29, 1.82) is 0 Å². The second-order valence-corrected chi connectivity index (χ2v) is 10.2. The van der Waals surface area contributed by atoms with E-state index in [0.29, 0.717) is 4.57 Å². The first-order chi connectivity index (χ1) is 13.6. The Kier molecular flexibility index (Phi) is 7.73. The molecule has 2 heterocycles. The molecule has 20 heteroatoms. The maximum atomic E-state index is 14.6. The fourth-order valence-electron chi connectivity index (χ4n) is 2.47. The third-order valence-electron chi connectivity index (χ3n) is 3.63. The molecule has 6 unspecified atom stereocenters. The van der Waals surface area contributed by atoms with Gasteiger partial charge in [-0.1, -0.05) is 0 Å². The van der Waals surface area contributed by atoms with Crippen LogP contribution in [0, 0.1) is 5.92 Å². The first-order valence-corrected chi connectivity index (χ1v) is 12.2. The molecule has 172 valence electrons. The molecule has 2 rings (SSSR count). The van der Waals surface area contributed by atoms with Crippen LogP contribution in [-0.2, 0) is 31.6 Å². The summed E-state index contributed by atoms with van der Waals surface area (Å²) in [6.45, 7) is -1.90. The number of rotatable bonds is 9. The molecule has 1 aromatic rings. The van der Waals surface area contributed by atoms with Crippen LogP contribution in [0.25, 0.3) is 0 Å². The van der Waals surface area contributed by atoms with Gasteiger partial charge in [0.15, 0.2) is 12.4 Å². The minimum absolute atomic E-state index is 0.652. The van der Waals surface area contributed by atoms with Crippen LogP contribution in [0.5, 0.6) is 0 Å². The van der Waals surface area contributed by atoms with Crippen molar-refractivity contribution in [2.75, 3.05) is 13.2 Å². The smallest absolute Gasteiger partial charge is 0.396 e. The number of aromatic nitrogens is 2. The molecule has 30 heavy (non-hydrogen) atoms. The van der Waals surface area contributed by atoms with Gasteiger partial charge in [-0.05, 0) is 0 Å². The van der Waals surface area contributed by atoms with Gasteiger partial charge < -0.3 is 29.4 Å². The van der Waals surface area contributed by atoms with E-state index in [0.717, 1.165) is 12.3 Å². The Morgan fingerprint density at radius 1 is 1.13 bits per heavy atom. The van der Waals surface area contributed by atoms with Crippen LogP contribution < -0.4 is 11.2 Å². The SMILES string of the molecule is O=c1ccn(C2OC(COP(=O)(O)OP(=O)(O)OP(=O)(O)O)C(CO)C2F)c(=O)[nH]1. The van der Waals surface area contributed by atoms with Crippen molar-refractivity contribution in [3.05, 3.63) is 33.1 Å². The second kappa shape index (κ2) is 9.20. The highest BCUT2D eigenvalue weighted by atomic mass is 31.3. The molecule has 0 aromatic carbocycles. The Balaban J connectivity index is 2.11. The number of nitrogens with zero attached hydrogens (tertiary/aromatic N) is 1. The van der Waals surface area contributed by atoms with Crippen molar-refractivity contribution < 1.29 is 60.6 Å². The van der Waals surface area contributed by atoms with E-state index in [9.17, 15) is 37.7 Å². The zero-order valence-corrected chi connectivity index (χ0v) is 17.1. The van der Waals surface area contributed by atoms with Gasteiger partial charge in [-0.15, -0.1) is 0 Å². The molecule has 6 atom stereocenters. The molecule has 0 radical (unpaired) electrons. The zero-order valence-electron chi connectivity index (χ0n) is 14.5. The maximum Gasteiger partial charge on any atom is 0.490 e. The van der Waals surface area contributed by atoms with Crippen molar-refractivity contribution in [2.45, 2.75) is 18.5 Å². The van der Waals surface area contributed by atoms with Crippen LogP contribution in [0.3, 0.4) is 0 Å². The van der Waals surface area contributed by atoms with Gasteiger partial charge in [-0.3, -0.25) is 18.9 Å². The first-order valence-electron chi connectivity index (χ1n) is 7.64. The number of halogens is 1. The molecule has 1 fully saturated rings. The molecule has 0 spiro atoms. The van der Waals surface area contributed by atoms with Crippen molar-refractivity contribution in [2.24, 2.45) is 5.92 Å². The average Bonchev–Trinajstić information content (AvgIpc) is 2.85. The third kappa shape index (κ3) is 6.72. The van der Waals surface area contributed by atoms with Crippen LogP contribution in [0.15, 0.2) is 21.9 Å². The summed E-state index contributed by atoms with van der Waals surface area (Å²) in [5.74, 6) is -1.40. The summed E-state index contributed by atoms with van der Waals surface area (Å²) in [5, 5.41) is 9.35. The first kappa shape index (κ1) is 25.2. The number of hydrogen-bond acceptors (Lipinski definition) is 10. The molecule has 1 aliphatic rings. The molecule has 1 aliphatic heterocycles. The lowest BCUT2D eigenvalue weighted by atomic mass is 10.0. The number of phosphoric acid groups is 3. The normalized spacial score (nSPS) is 28.7. The molecular weight excluding hydrogens is 484 g/mol. The van der Waals surface area contributed by atoms with Gasteiger partial charge in [-0.2, -0.15) is 8.62 Å². The lowest BCUT2D eigenvalue weighted by molar-refractivity contribution is -0.0435. The van der Waals surface area contributed by atoms with E-state index in [1.165, 1.54) is 0 Å². The summed E-state index contributed by atoms with van der Waals surface area (Å²) in [6, 6.07) is 0.894. The predicted octanol–water partition coefficient (Wildman–Crippen LogP) is -1.28. The molecule has 0 amide bonds. The largest absolute Gasteiger partial charge is 0.490 e. The molecule has 1 saturated heterocycles. The van der Waals surface area contributed by atoms with Crippen molar-refractivity contribution in [1.82, 2.24) is 9.55 Å². The quantitative estimate of drug-likeness (QED) is 0.217. The monoisotopic (exact) mass is 500 g/mol. The summed E-state index contributed by atoms with van der Waals surface area (Å²) >= 11 is 0. The van der Waals surface area contributed by atoms with Crippen LogP contribution in [-0.4, -0.2) is 59.7 Å². The van der Waals surface area contributed by atoms with E-state index >= 15 is 0 Å². The highest BCUT2D eigenvalue weighted by Gasteiger charge is 2.48. The van der Waals surface area contributed by atoms with Gasteiger partial charge in [-0.25, -0.2) is 22.9 Å². The van der Waals surface area contributed by atoms with Gasteiger partial charge in [0.2, 0.25) is 0 Å². The van der Waals surface area contributed by atoms with E-state index in [1.54, 1.807) is 0 Å². The molecule has 0 saturated carbocycles. The van der Waals surface area contributed by atoms with Crippen molar-refractivity contribution in [3.8, 4) is 0 Å². The molecule has 6 N–H and O–H groups in total. The molecular formula is C10H16FN2O14P3. The molecule has 0 bridgehead atoms. The van der Waals surface area contributed by atoms with E-state index in [2.05, 4.69) is 13.1 Å². The van der Waals surface area contributed by atoms with E-state index in [4.69, 9.17) is 19.4 Å². The van der Waals surface area contributed by atoms with Crippen LogP contribution in [0.4, 0.5) is 4.39 Å². The van der Waals surface area contributed by atoms with Gasteiger partial charge in [0.1, 0.15) is 0 Å². The summed E-state index contributed by atoms with van der Waals surface area (Å²) in [4.78, 5) is 60.1. The van der Waals surface area contributed by atoms with Crippen molar-refractivity contribution >= 4 is 23.5 Å². The van der Waals surface area contributed by atoms with Gasteiger partial charge in [0, 0.05) is 18.2 Å². The lowest BCUT2D eigenvalue weighted by Gasteiger charge is -2.20. The highest BCUT2D eigenvalue weighted by molar-refractivity contribution is 7.66.